The summed E-state index contributed by atoms with van der Waals surface area (Å²) < 4.78 is 5.38. The molecule has 0 aliphatic heterocycles. The number of alkyl carbamates (subject to hydrolysis) is 1. The van der Waals surface area contributed by atoms with Crippen LogP contribution in [0.2, 0.25) is 0 Å². The Hall–Kier alpha value is -2.24. The second kappa shape index (κ2) is 8.74. The summed E-state index contributed by atoms with van der Waals surface area (Å²) >= 11 is 0. The number of hydrogen-bond donors (Lipinski definition) is 3. The maximum Gasteiger partial charge on any atom is 0.408 e. The number of aliphatic imine (C=N–C) groups is 1. The zero-order valence-corrected chi connectivity index (χ0v) is 16.4. The Balaban J connectivity index is 2.81. The Kier molecular flexibility index (Phi) is 7.27. The molecule has 1 atom stereocenters. The van der Waals surface area contributed by atoms with Crippen LogP contribution in [0.4, 0.5) is 4.79 Å². The highest BCUT2D eigenvalue weighted by molar-refractivity contribution is 5.80. The maximum atomic E-state index is 12.2. The molecular formula is C19H32N4O2. The number of nitrogens with one attached hydrogen (secondary N) is 3. The SMILES string of the molecule is CN=C(NCC(NC(=O)OC(C)(C)C)c1ccccc1)NC(C)(C)C. The third-order valence-corrected chi connectivity index (χ3v) is 3.08. The van der Waals surface area contributed by atoms with Gasteiger partial charge in [0.2, 0.25) is 0 Å². The molecule has 1 aromatic carbocycles. The first-order chi connectivity index (χ1) is 11.5. The molecule has 0 aromatic heterocycles. The van der Waals surface area contributed by atoms with E-state index in [0.717, 1.165) is 5.56 Å². The Morgan fingerprint density at radius 3 is 2.20 bits per heavy atom. The van der Waals surface area contributed by atoms with E-state index in [0.29, 0.717) is 12.5 Å². The van der Waals surface area contributed by atoms with Gasteiger partial charge in [-0.1, -0.05) is 30.3 Å². The van der Waals surface area contributed by atoms with Crippen LogP contribution in [-0.2, 0) is 4.74 Å². The highest BCUT2D eigenvalue weighted by Gasteiger charge is 2.21. The molecular weight excluding hydrogens is 316 g/mol. The quantitative estimate of drug-likeness (QED) is 0.577. The van der Waals surface area contributed by atoms with E-state index in [2.05, 4.69) is 41.7 Å². The van der Waals surface area contributed by atoms with Crippen molar-refractivity contribution < 1.29 is 9.53 Å². The third-order valence-electron chi connectivity index (χ3n) is 3.08. The summed E-state index contributed by atoms with van der Waals surface area (Å²) in [5, 5.41) is 9.49. The van der Waals surface area contributed by atoms with Crippen molar-refractivity contribution >= 4 is 12.1 Å². The minimum atomic E-state index is -0.539. The molecule has 1 rings (SSSR count). The van der Waals surface area contributed by atoms with Crippen molar-refractivity contribution in [3.63, 3.8) is 0 Å². The average molecular weight is 348 g/mol. The van der Waals surface area contributed by atoms with Crippen molar-refractivity contribution in [2.45, 2.75) is 58.7 Å². The second-order valence-electron chi connectivity index (χ2n) is 7.94. The molecule has 6 nitrogen and oxygen atoms in total. The van der Waals surface area contributed by atoms with Gasteiger partial charge in [0.25, 0.3) is 0 Å². The average Bonchev–Trinajstić information content (AvgIpc) is 2.47. The Bertz CT molecular complexity index is 571. The van der Waals surface area contributed by atoms with Crippen LogP contribution in [0.1, 0.15) is 53.1 Å². The van der Waals surface area contributed by atoms with Crippen LogP contribution in [0.5, 0.6) is 0 Å². The van der Waals surface area contributed by atoms with E-state index in [1.807, 2.05) is 51.1 Å². The van der Waals surface area contributed by atoms with Gasteiger partial charge in [-0.15, -0.1) is 0 Å². The van der Waals surface area contributed by atoms with E-state index in [1.54, 1.807) is 7.05 Å². The lowest BCUT2D eigenvalue weighted by atomic mass is 10.1. The van der Waals surface area contributed by atoms with Crippen LogP contribution in [0.3, 0.4) is 0 Å². The summed E-state index contributed by atoms with van der Waals surface area (Å²) in [6.45, 7) is 12.2. The second-order valence-corrected chi connectivity index (χ2v) is 7.94. The van der Waals surface area contributed by atoms with Crippen molar-refractivity contribution in [2.75, 3.05) is 13.6 Å². The molecule has 25 heavy (non-hydrogen) atoms. The van der Waals surface area contributed by atoms with Gasteiger partial charge in [-0.3, -0.25) is 4.99 Å². The topological polar surface area (TPSA) is 74.8 Å². The molecule has 0 aliphatic carbocycles. The van der Waals surface area contributed by atoms with Gasteiger partial charge in [0.15, 0.2) is 5.96 Å². The molecule has 6 heteroatoms. The first kappa shape index (κ1) is 20.8. The van der Waals surface area contributed by atoms with E-state index >= 15 is 0 Å². The lowest BCUT2D eigenvalue weighted by Crippen LogP contribution is -2.49. The minimum absolute atomic E-state index is 0.108. The van der Waals surface area contributed by atoms with Gasteiger partial charge in [-0.25, -0.2) is 4.79 Å². The van der Waals surface area contributed by atoms with Gasteiger partial charge in [0.05, 0.1) is 6.04 Å². The van der Waals surface area contributed by atoms with Gasteiger partial charge in [-0.05, 0) is 47.1 Å². The molecule has 0 saturated carbocycles. The van der Waals surface area contributed by atoms with Crippen molar-refractivity contribution in [3.8, 4) is 0 Å². The summed E-state index contributed by atoms with van der Waals surface area (Å²) in [4.78, 5) is 16.4. The van der Waals surface area contributed by atoms with Gasteiger partial charge in [0, 0.05) is 19.1 Å². The number of amides is 1. The largest absolute Gasteiger partial charge is 0.444 e. The first-order valence-corrected chi connectivity index (χ1v) is 8.53. The molecule has 0 saturated heterocycles. The molecule has 0 spiro atoms. The Morgan fingerprint density at radius 2 is 1.72 bits per heavy atom. The number of carbonyl (C=O) groups is 1. The summed E-state index contributed by atoms with van der Waals surface area (Å²) in [6, 6.07) is 9.55. The van der Waals surface area contributed by atoms with Crippen molar-refractivity contribution in [1.82, 2.24) is 16.0 Å². The minimum Gasteiger partial charge on any atom is -0.444 e. The standard InChI is InChI=1S/C19H32N4O2/c1-18(2,3)23-16(20-7)21-13-15(14-11-9-8-10-12-14)22-17(24)25-19(4,5)6/h8-12,15H,13H2,1-7H3,(H,22,24)(H2,20,21,23). The highest BCUT2D eigenvalue weighted by atomic mass is 16.6. The van der Waals surface area contributed by atoms with Crippen LogP contribution in [0.25, 0.3) is 0 Å². The Morgan fingerprint density at radius 1 is 1.12 bits per heavy atom. The number of carbonyl (C=O) groups excluding carboxylic acids is 1. The van der Waals surface area contributed by atoms with E-state index < -0.39 is 11.7 Å². The third kappa shape index (κ3) is 8.98. The molecule has 0 fully saturated rings. The van der Waals surface area contributed by atoms with Crippen LogP contribution < -0.4 is 16.0 Å². The van der Waals surface area contributed by atoms with E-state index in [4.69, 9.17) is 4.74 Å². The fourth-order valence-corrected chi connectivity index (χ4v) is 2.12. The van der Waals surface area contributed by atoms with Crippen molar-refractivity contribution in [2.24, 2.45) is 4.99 Å². The molecule has 3 N–H and O–H groups in total. The predicted molar refractivity (Wildman–Crippen MR) is 103 cm³/mol. The zero-order valence-electron chi connectivity index (χ0n) is 16.4. The smallest absolute Gasteiger partial charge is 0.408 e. The molecule has 0 radical (unpaired) electrons. The fraction of sp³-hybridized carbons (Fsp3) is 0.579. The first-order valence-electron chi connectivity index (χ1n) is 8.53. The van der Waals surface area contributed by atoms with Gasteiger partial charge in [0.1, 0.15) is 5.60 Å². The normalized spacial score (nSPS) is 13.8. The molecule has 1 aromatic rings. The molecule has 1 unspecified atom stereocenters. The number of benzene rings is 1. The van der Waals surface area contributed by atoms with Crippen LogP contribution in [0.15, 0.2) is 35.3 Å². The van der Waals surface area contributed by atoms with Crippen LogP contribution in [-0.4, -0.2) is 36.8 Å². The molecule has 140 valence electrons. The van der Waals surface area contributed by atoms with Crippen LogP contribution >= 0.6 is 0 Å². The number of ether oxygens (including phenoxy) is 1. The molecule has 1 amide bonds. The van der Waals surface area contributed by atoms with E-state index in [9.17, 15) is 4.79 Å². The highest BCUT2D eigenvalue weighted by Crippen LogP contribution is 2.14. The summed E-state index contributed by atoms with van der Waals surface area (Å²) in [5.74, 6) is 0.680. The van der Waals surface area contributed by atoms with Gasteiger partial charge in [-0.2, -0.15) is 0 Å². The number of nitrogens with zero attached hydrogens (tertiary/aromatic N) is 1. The Labute approximate surface area is 151 Å². The summed E-state index contributed by atoms with van der Waals surface area (Å²) in [5.41, 5.74) is 0.345. The lowest BCUT2D eigenvalue weighted by Gasteiger charge is -2.27. The lowest BCUT2D eigenvalue weighted by molar-refractivity contribution is 0.0504. The number of guanidine groups is 1. The van der Waals surface area contributed by atoms with E-state index in [1.165, 1.54) is 0 Å². The fourth-order valence-electron chi connectivity index (χ4n) is 2.12. The predicted octanol–water partition coefficient (Wildman–Crippen LogP) is 3.22. The molecule has 0 heterocycles. The van der Waals surface area contributed by atoms with Crippen LogP contribution in [0, 0.1) is 0 Å². The van der Waals surface area contributed by atoms with Crippen molar-refractivity contribution in [1.29, 1.82) is 0 Å². The molecule has 0 aliphatic rings. The van der Waals surface area contributed by atoms with Gasteiger partial charge < -0.3 is 20.7 Å². The maximum absolute atomic E-state index is 12.2. The zero-order chi connectivity index (χ0) is 19.1. The van der Waals surface area contributed by atoms with E-state index in [-0.39, 0.29) is 11.6 Å². The van der Waals surface area contributed by atoms with Crippen molar-refractivity contribution in [3.05, 3.63) is 35.9 Å². The van der Waals surface area contributed by atoms with Gasteiger partial charge >= 0.3 is 6.09 Å². The number of rotatable bonds is 4. The monoisotopic (exact) mass is 348 g/mol. The summed E-state index contributed by atoms with van der Waals surface area (Å²) in [7, 11) is 1.72. The molecule has 0 bridgehead atoms. The summed E-state index contributed by atoms with van der Waals surface area (Å²) in [6.07, 6.45) is -0.443. The number of hydrogen-bond acceptors (Lipinski definition) is 3.